The quantitative estimate of drug-likeness (QED) is 0.748. The largest absolute Gasteiger partial charge is 0.481 e. The highest BCUT2D eigenvalue weighted by Gasteiger charge is 2.15. The number of anilines is 1. The summed E-state index contributed by atoms with van der Waals surface area (Å²) < 4.78 is 31.3. The average molecular weight is 349 g/mol. The number of hydrogen-bond donors (Lipinski definition) is 3. The molecule has 0 aliphatic rings. The van der Waals surface area contributed by atoms with Gasteiger partial charge in [0.25, 0.3) is 5.91 Å². The summed E-state index contributed by atoms with van der Waals surface area (Å²) in [6, 6.07) is 9.11. The van der Waals surface area contributed by atoms with Gasteiger partial charge in [0.2, 0.25) is 0 Å². The Balaban J connectivity index is 1.86. The van der Waals surface area contributed by atoms with E-state index < -0.39 is 29.7 Å². The molecule has 0 saturated heterocycles. The third kappa shape index (κ3) is 5.45. The van der Waals surface area contributed by atoms with Gasteiger partial charge in [-0.2, -0.15) is 0 Å². The molecule has 0 bridgehead atoms. The van der Waals surface area contributed by atoms with Crippen molar-refractivity contribution < 1.29 is 23.1 Å². The van der Waals surface area contributed by atoms with Gasteiger partial charge >= 0.3 is 6.03 Å². The first kappa shape index (κ1) is 18.2. The normalized spacial score (nSPS) is 11.5. The number of rotatable bonds is 6. The number of benzene rings is 2. The average Bonchev–Trinajstić information content (AvgIpc) is 2.56. The Morgan fingerprint density at radius 1 is 1.12 bits per heavy atom. The van der Waals surface area contributed by atoms with Crippen molar-refractivity contribution in [2.24, 2.45) is 5.73 Å². The van der Waals surface area contributed by atoms with Crippen molar-refractivity contribution in [2.45, 2.75) is 19.6 Å². The van der Waals surface area contributed by atoms with Gasteiger partial charge in [0, 0.05) is 18.3 Å². The molecule has 25 heavy (non-hydrogen) atoms. The van der Waals surface area contributed by atoms with Gasteiger partial charge in [0.15, 0.2) is 17.7 Å². The Hall–Kier alpha value is -3.16. The van der Waals surface area contributed by atoms with Gasteiger partial charge < -0.3 is 21.1 Å². The summed E-state index contributed by atoms with van der Waals surface area (Å²) in [5.74, 6) is -2.39. The maximum atomic E-state index is 13.1. The molecule has 132 valence electrons. The Labute approximate surface area is 143 Å². The van der Waals surface area contributed by atoms with Crippen LogP contribution in [0.5, 0.6) is 5.75 Å². The molecule has 4 N–H and O–H groups in total. The van der Waals surface area contributed by atoms with Crippen molar-refractivity contribution in [3.63, 3.8) is 0 Å². The highest BCUT2D eigenvalue weighted by atomic mass is 19.2. The van der Waals surface area contributed by atoms with E-state index in [4.69, 9.17) is 10.5 Å². The Morgan fingerprint density at radius 3 is 2.40 bits per heavy atom. The molecule has 6 nitrogen and oxygen atoms in total. The molecular weight excluding hydrogens is 332 g/mol. The van der Waals surface area contributed by atoms with E-state index in [-0.39, 0.29) is 12.3 Å². The molecule has 2 rings (SSSR count). The van der Waals surface area contributed by atoms with E-state index in [1.807, 2.05) is 0 Å². The highest BCUT2D eigenvalue weighted by Crippen LogP contribution is 2.17. The summed E-state index contributed by atoms with van der Waals surface area (Å²) in [7, 11) is 0. The summed E-state index contributed by atoms with van der Waals surface area (Å²) in [6.07, 6.45) is -0.888. The van der Waals surface area contributed by atoms with Gasteiger partial charge in [-0.25, -0.2) is 13.6 Å². The Morgan fingerprint density at radius 2 is 1.80 bits per heavy atom. The number of carbonyl (C=O) groups excluding carboxylic acids is 2. The number of primary amides is 1. The van der Waals surface area contributed by atoms with Crippen molar-refractivity contribution in [3.05, 3.63) is 59.7 Å². The molecule has 0 aliphatic heterocycles. The second-order valence-electron chi connectivity index (χ2n) is 5.24. The van der Waals surface area contributed by atoms with Crippen molar-refractivity contribution in [3.8, 4) is 5.75 Å². The number of hydrogen-bond acceptors (Lipinski definition) is 3. The first-order chi connectivity index (χ1) is 11.8. The first-order valence-corrected chi connectivity index (χ1v) is 7.40. The summed E-state index contributed by atoms with van der Waals surface area (Å²) in [6.45, 7) is 1.73. The molecule has 8 heteroatoms. The van der Waals surface area contributed by atoms with E-state index in [9.17, 15) is 18.4 Å². The van der Waals surface area contributed by atoms with E-state index in [2.05, 4.69) is 10.6 Å². The molecular formula is C17H17F2N3O3. The van der Waals surface area contributed by atoms with Gasteiger partial charge in [-0.1, -0.05) is 12.1 Å². The summed E-state index contributed by atoms with van der Waals surface area (Å²) >= 11 is 0. The summed E-state index contributed by atoms with van der Waals surface area (Å²) in [5, 5.41) is 5.09. The molecule has 0 saturated carbocycles. The van der Waals surface area contributed by atoms with E-state index in [0.29, 0.717) is 5.69 Å². The van der Waals surface area contributed by atoms with Crippen LogP contribution in [0.3, 0.4) is 0 Å². The molecule has 0 aromatic heterocycles. The second-order valence-corrected chi connectivity index (χ2v) is 5.24. The molecule has 1 atom stereocenters. The predicted octanol–water partition coefficient (Wildman–Crippen LogP) is 2.54. The molecule has 0 spiro atoms. The zero-order valence-electron chi connectivity index (χ0n) is 13.4. The van der Waals surface area contributed by atoms with Gasteiger partial charge in [0.05, 0.1) is 0 Å². The molecule has 0 aliphatic carbocycles. The van der Waals surface area contributed by atoms with Crippen molar-refractivity contribution in [1.29, 1.82) is 0 Å². The molecule has 0 radical (unpaired) electrons. The van der Waals surface area contributed by atoms with Gasteiger partial charge in [-0.15, -0.1) is 0 Å². The first-order valence-electron chi connectivity index (χ1n) is 7.40. The van der Waals surface area contributed by atoms with Crippen LogP contribution in [0.1, 0.15) is 12.5 Å². The van der Waals surface area contributed by atoms with Crippen LogP contribution in [-0.4, -0.2) is 18.0 Å². The minimum atomic E-state index is -1.05. The number of ether oxygens (including phenoxy) is 1. The molecule has 0 fully saturated rings. The predicted molar refractivity (Wildman–Crippen MR) is 87.9 cm³/mol. The van der Waals surface area contributed by atoms with Gasteiger partial charge in [-0.05, 0) is 36.8 Å². The van der Waals surface area contributed by atoms with Crippen molar-refractivity contribution in [1.82, 2.24) is 5.32 Å². The second kappa shape index (κ2) is 8.09. The van der Waals surface area contributed by atoms with Crippen LogP contribution in [0.4, 0.5) is 19.3 Å². The van der Waals surface area contributed by atoms with E-state index in [1.165, 1.54) is 13.0 Å². The SMILES string of the molecule is CC(Oc1ccc(F)c(F)c1)C(=O)NCc1ccc(NC(N)=O)cc1. The minimum Gasteiger partial charge on any atom is -0.481 e. The standard InChI is InChI=1S/C17H17F2N3O3/c1-10(25-13-6-7-14(18)15(19)8-13)16(23)21-9-11-2-4-12(5-3-11)22-17(20)24/h2-8,10H,9H2,1H3,(H,21,23)(H3,20,22,24). The lowest BCUT2D eigenvalue weighted by Crippen LogP contribution is -2.35. The van der Waals surface area contributed by atoms with Gasteiger partial charge in [0.1, 0.15) is 5.75 Å². The van der Waals surface area contributed by atoms with Gasteiger partial charge in [-0.3, -0.25) is 4.79 Å². The fourth-order valence-corrected chi connectivity index (χ4v) is 1.99. The molecule has 1 unspecified atom stereocenters. The minimum absolute atomic E-state index is 0.0587. The summed E-state index contributed by atoms with van der Waals surface area (Å²) in [5.41, 5.74) is 6.34. The smallest absolute Gasteiger partial charge is 0.316 e. The summed E-state index contributed by atoms with van der Waals surface area (Å²) in [4.78, 5) is 22.7. The Bertz CT molecular complexity index is 766. The van der Waals surface area contributed by atoms with Crippen LogP contribution in [0, 0.1) is 11.6 Å². The van der Waals surface area contributed by atoms with Crippen LogP contribution < -0.4 is 21.1 Å². The van der Waals surface area contributed by atoms with E-state index in [1.54, 1.807) is 24.3 Å². The number of amides is 3. The highest BCUT2D eigenvalue weighted by molar-refractivity contribution is 5.87. The maximum absolute atomic E-state index is 13.1. The molecule has 2 aromatic rings. The number of nitrogens with two attached hydrogens (primary N) is 1. The van der Waals surface area contributed by atoms with Crippen LogP contribution in [0.15, 0.2) is 42.5 Å². The maximum Gasteiger partial charge on any atom is 0.316 e. The number of halogens is 2. The van der Waals surface area contributed by atoms with Crippen molar-refractivity contribution in [2.75, 3.05) is 5.32 Å². The lowest BCUT2D eigenvalue weighted by molar-refractivity contribution is -0.127. The van der Waals surface area contributed by atoms with Crippen LogP contribution in [0.25, 0.3) is 0 Å². The van der Waals surface area contributed by atoms with Crippen LogP contribution in [-0.2, 0) is 11.3 Å². The molecule has 2 aromatic carbocycles. The zero-order valence-corrected chi connectivity index (χ0v) is 13.4. The number of carbonyl (C=O) groups is 2. The van der Waals surface area contributed by atoms with Crippen LogP contribution >= 0.6 is 0 Å². The fraction of sp³-hybridized carbons (Fsp3) is 0.176. The number of nitrogens with one attached hydrogen (secondary N) is 2. The number of urea groups is 1. The third-order valence-electron chi connectivity index (χ3n) is 3.26. The van der Waals surface area contributed by atoms with E-state index in [0.717, 1.165) is 17.7 Å². The fourth-order valence-electron chi connectivity index (χ4n) is 1.99. The third-order valence-corrected chi connectivity index (χ3v) is 3.26. The Kier molecular flexibility index (Phi) is 5.89. The zero-order chi connectivity index (χ0) is 18.4. The van der Waals surface area contributed by atoms with E-state index >= 15 is 0 Å². The molecule has 0 heterocycles. The van der Waals surface area contributed by atoms with Crippen molar-refractivity contribution >= 4 is 17.6 Å². The monoisotopic (exact) mass is 349 g/mol. The molecule has 3 amide bonds. The lowest BCUT2D eigenvalue weighted by atomic mass is 10.2. The van der Waals surface area contributed by atoms with Crippen LogP contribution in [0.2, 0.25) is 0 Å². The lowest BCUT2D eigenvalue weighted by Gasteiger charge is -2.15. The topological polar surface area (TPSA) is 93.4 Å².